The maximum absolute atomic E-state index is 4.09. The van der Waals surface area contributed by atoms with Crippen molar-refractivity contribution in [3.8, 4) is 11.1 Å². The third kappa shape index (κ3) is 5.17. The molecule has 0 N–H and O–H groups in total. The topological polar surface area (TPSA) is 3.24 Å². The van der Waals surface area contributed by atoms with Crippen LogP contribution in [0.2, 0.25) is 0 Å². The van der Waals surface area contributed by atoms with E-state index in [1.165, 1.54) is 58.4 Å². The molecule has 46 heavy (non-hydrogen) atoms. The van der Waals surface area contributed by atoms with E-state index >= 15 is 0 Å². The van der Waals surface area contributed by atoms with Crippen LogP contribution in [0.15, 0.2) is 159 Å². The SMILES string of the molecule is C=CC.C=Cc1cc(N(c2ccc(-c3ccccc3)cc2)c2ccc3sc4c5ccccc5c5ccccc5c4c3c2)ccc1C. The Morgan fingerprint density at radius 1 is 0.543 bits per heavy atom. The van der Waals surface area contributed by atoms with Crippen molar-refractivity contribution in [1.29, 1.82) is 0 Å². The summed E-state index contributed by atoms with van der Waals surface area (Å²) < 4.78 is 2.65. The van der Waals surface area contributed by atoms with Crippen molar-refractivity contribution in [2.75, 3.05) is 4.90 Å². The summed E-state index contributed by atoms with van der Waals surface area (Å²) in [7, 11) is 0. The van der Waals surface area contributed by atoms with Crippen LogP contribution >= 0.6 is 11.3 Å². The Hall–Kier alpha value is -5.44. The summed E-state index contributed by atoms with van der Waals surface area (Å²) in [6.07, 6.45) is 3.70. The van der Waals surface area contributed by atoms with Gasteiger partial charge in [-0.1, -0.05) is 116 Å². The van der Waals surface area contributed by atoms with E-state index in [-0.39, 0.29) is 0 Å². The lowest BCUT2D eigenvalue weighted by molar-refractivity contribution is 1.28. The molecule has 0 aliphatic carbocycles. The summed E-state index contributed by atoms with van der Waals surface area (Å²) >= 11 is 1.89. The zero-order valence-electron chi connectivity index (χ0n) is 26.2. The molecule has 0 atom stereocenters. The van der Waals surface area contributed by atoms with Crippen LogP contribution in [-0.2, 0) is 0 Å². The number of anilines is 3. The molecule has 0 fully saturated rings. The Kier molecular flexibility index (Phi) is 7.97. The average molecular weight is 610 g/mol. The molecule has 1 heterocycles. The van der Waals surface area contributed by atoms with E-state index in [4.69, 9.17) is 0 Å². The van der Waals surface area contributed by atoms with Gasteiger partial charge in [-0.2, -0.15) is 0 Å². The van der Waals surface area contributed by atoms with E-state index in [1.54, 1.807) is 6.08 Å². The van der Waals surface area contributed by atoms with Gasteiger partial charge < -0.3 is 4.90 Å². The summed E-state index contributed by atoms with van der Waals surface area (Å²) in [6.45, 7) is 11.5. The summed E-state index contributed by atoms with van der Waals surface area (Å²) in [5.74, 6) is 0. The molecule has 2 heteroatoms. The molecule has 0 spiro atoms. The van der Waals surface area contributed by atoms with E-state index in [0.717, 1.165) is 22.6 Å². The monoisotopic (exact) mass is 609 g/mol. The minimum atomic E-state index is 1.11. The lowest BCUT2D eigenvalue weighted by atomic mass is 9.97. The Labute approximate surface area is 275 Å². The maximum atomic E-state index is 4.09. The van der Waals surface area contributed by atoms with Crippen molar-refractivity contribution in [3.63, 3.8) is 0 Å². The van der Waals surface area contributed by atoms with Gasteiger partial charge in [0.25, 0.3) is 0 Å². The van der Waals surface area contributed by atoms with Crippen LogP contribution in [0.1, 0.15) is 18.1 Å². The first-order valence-electron chi connectivity index (χ1n) is 15.6. The molecule has 0 aliphatic heterocycles. The minimum Gasteiger partial charge on any atom is -0.310 e. The van der Waals surface area contributed by atoms with E-state index in [9.17, 15) is 0 Å². The van der Waals surface area contributed by atoms with Crippen molar-refractivity contribution in [2.24, 2.45) is 0 Å². The van der Waals surface area contributed by atoms with Crippen LogP contribution in [-0.4, -0.2) is 0 Å². The van der Waals surface area contributed by atoms with Gasteiger partial charge in [0.1, 0.15) is 0 Å². The van der Waals surface area contributed by atoms with Crippen molar-refractivity contribution < 1.29 is 0 Å². The number of thiophene rings is 1. The molecular formula is C44H35NS. The average Bonchev–Trinajstić information content (AvgIpc) is 3.50. The van der Waals surface area contributed by atoms with E-state index < -0.39 is 0 Å². The predicted octanol–water partition coefficient (Wildman–Crippen LogP) is 13.6. The molecule has 0 bridgehead atoms. The van der Waals surface area contributed by atoms with Crippen molar-refractivity contribution >= 4 is 76.2 Å². The van der Waals surface area contributed by atoms with Gasteiger partial charge in [-0.3, -0.25) is 0 Å². The molecule has 0 saturated heterocycles. The number of benzene rings is 7. The molecule has 0 amide bonds. The Morgan fingerprint density at radius 2 is 1.09 bits per heavy atom. The van der Waals surface area contributed by atoms with Crippen LogP contribution in [0.25, 0.3) is 58.9 Å². The fourth-order valence-corrected chi connectivity index (χ4v) is 7.64. The molecule has 1 nitrogen and oxygen atoms in total. The largest absolute Gasteiger partial charge is 0.310 e. The van der Waals surface area contributed by atoms with Crippen molar-refractivity contribution in [1.82, 2.24) is 0 Å². The molecule has 222 valence electrons. The first-order valence-corrected chi connectivity index (χ1v) is 16.4. The number of rotatable bonds is 5. The molecule has 0 saturated carbocycles. The van der Waals surface area contributed by atoms with Gasteiger partial charge in [-0.25, -0.2) is 0 Å². The van der Waals surface area contributed by atoms with Gasteiger partial charge in [0.15, 0.2) is 0 Å². The third-order valence-corrected chi connectivity index (χ3v) is 9.77. The van der Waals surface area contributed by atoms with Gasteiger partial charge in [0.05, 0.1) is 0 Å². The highest BCUT2D eigenvalue weighted by molar-refractivity contribution is 7.27. The van der Waals surface area contributed by atoms with Crippen LogP contribution < -0.4 is 4.90 Å². The lowest BCUT2D eigenvalue weighted by Crippen LogP contribution is -2.10. The highest BCUT2D eigenvalue weighted by atomic mass is 32.1. The smallest absolute Gasteiger partial charge is 0.0468 e. The summed E-state index contributed by atoms with van der Waals surface area (Å²) in [4.78, 5) is 2.37. The van der Waals surface area contributed by atoms with E-state index in [0.29, 0.717) is 0 Å². The summed E-state index contributed by atoms with van der Waals surface area (Å²) in [5.41, 5.74) is 8.15. The second-order valence-electron chi connectivity index (χ2n) is 11.5. The van der Waals surface area contributed by atoms with Crippen LogP contribution in [0.3, 0.4) is 0 Å². The number of fused-ring (bicyclic) bond motifs is 8. The normalized spacial score (nSPS) is 11.0. The number of aryl methyl sites for hydroxylation is 1. The number of hydrogen-bond donors (Lipinski definition) is 0. The molecule has 7 aromatic carbocycles. The molecule has 8 aromatic rings. The quantitative estimate of drug-likeness (QED) is 0.139. The van der Waals surface area contributed by atoms with Gasteiger partial charge in [0.2, 0.25) is 0 Å². The maximum Gasteiger partial charge on any atom is 0.0468 e. The fourth-order valence-electron chi connectivity index (χ4n) is 6.40. The third-order valence-electron chi connectivity index (χ3n) is 8.56. The molecule has 8 rings (SSSR count). The van der Waals surface area contributed by atoms with E-state index in [1.807, 2.05) is 24.3 Å². The first-order chi connectivity index (χ1) is 22.6. The van der Waals surface area contributed by atoms with E-state index in [2.05, 4.69) is 165 Å². The Morgan fingerprint density at radius 3 is 1.78 bits per heavy atom. The lowest BCUT2D eigenvalue weighted by Gasteiger charge is -2.26. The van der Waals surface area contributed by atoms with Crippen LogP contribution in [0, 0.1) is 6.92 Å². The van der Waals surface area contributed by atoms with Gasteiger partial charge in [-0.05, 0) is 94.7 Å². The highest BCUT2D eigenvalue weighted by Gasteiger charge is 2.18. The number of allylic oxidation sites excluding steroid dienone is 1. The highest BCUT2D eigenvalue weighted by Crippen LogP contribution is 2.46. The molecule has 0 aliphatic rings. The minimum absolute atomic E-state index is 1.11. The molecule has 0 unspecified atom stereocenters. The number of hydrogen-bond acceptors (Lipinski definition) is 2. The first kappa shape index (κ1) is 29.3. The standard InChI is InChI=1S/C41H29NS.C3H6/c1-3-28-25-32(20-17-27(28)2)42(31-21-18-30(19-22-31)29-11-5-4-6-12-29)33-23-24-39-38(26-33)40-36-15-9-7-13-34(36)35-14-8-10-16-37(35)41(40)43-39;1-3-2/h3-26H,1H2,2H3;3H,1H2,2H3. The van der Waals surface area contributed by atoms with Crippen LogP contribution in [0.4, 0.5) is 17.1 Å². The van der Waals surface area contributed by atoms with Crippen LogP contribution in [0.5, 0.6) is 0 Å². The number of nitrogens with zero attached hydrogens (tertiary/aromatic N) is 1. The zero-order chi connectivity index (χ0) is 31.6. The predicted molar refractivity (Wildman–Crippen MR) is 205 cm³/mol. The molecular weight excluding hydrogens is 575 g/mol. The zero-order valence-corrected chi connectivity index (χ0v) is 27.0. The fraction of sp³-hybridized carbons (Fsp3) is 0.0455. The Bertz CT molecular complexity index is 2360. The van der Waals surface area contributed by atoms with Gasteiger partial charge in [0, 0.05) is 42.6 Å². The van der Waals surface area contributed by atoms with Crippen molar-refractivity contribution in [2.45, 2.75) is 13.8 Å². The molecule has 1 aromatic heterocycles. The second kappa shape index (κ2) is 12.5. The van der Waals surface area contributed by atoms with Gasteiger partial charge >= 0.3 is 0 Å². The Balaban J connectivity index is 0.00000109. The summed E-state index contributed by atoms with van der Waals surface area (Å²) in [6, 6.07) is 50.7. The van der Waals surface area contributed by atoms with Crippen molar-refractivity contribution in [3.05, 3.63) is 170 Å². The summed E-state index contributed by atoms with van der Waals surface area (Å²) in [5, 5.41) is 7.88. The molecule has 0 radical (unpaired) electrons. The second-order valence-corrected chi connectivity index (χ2v) is 12.5. The van der Waals surface area contributed by atoms with Gasteiger partial charge in [-0.15, -0.1) is 17.9 Å².